The summed E-state index contributed by atoms with van der Waals surface area (Å²) in [5, 5.41) is 3.34. The number of nitrogens with one attached hydrogen (secondary N) is 3. The number of nitrogens with zero attached hydrogens (tertiary/aromatic N) is 1. The van der Waals surface area contributed by atoms with Crippen LogP contribution in [0.4, 0.5) is 0 Å². The Morgan fingerprint density at radius 2 is 2.00 bits per heavy atom. The highest BCUT2D eigenvalue weighted by atomic mass is 32.2. The number of benzene rings is 1. The summed E-state index contributed by atoms with van der Waals surface area (Å²) in [5.74, 6) is 0.214. The molecule has 1 aromatic rings. The van der Waals surface area contributed by atoms with E-state index in [0.717, 1.165) is 17.7 Å². The first-order chi connectivity index (χ1) is 13.4. The number of carbonyl (C=O) groups excluding carboxylic acids is 1. The minimum atomic E-state index is -3.27. The van der Waals surface area contributed by atoms with E-state index in [4.69, 9.17) is 17.0 Å². The van der Waals surface area contributed by atoms with Crippen LogP contribution < -0.4 is 20.9 Å². The Balaban J connectivity index is 1.70. The lowest BCUT2D eigenvalue weighted by atomic mass is 9.99. The van der Waals surface area contributed by atoms with Crippen molar-refractivity contribution in [3.63, 3.8) is 0 Å². The highest BCUT2D eigenvalue weighted by Crippen LogP contribution is 2.19. The van der Waals surface area contributed by atoms with E-state index in [1.54, 1.807) is 14.0 Å². The highest BCUT2D eigenvalue weighted by molar-refractivity contribution is 7.89. The predicted molar refractivity (Wildman–Crippen MR) is 112 cm³/mol. The van der Waals surface area contributed by atoms with Crippen LogP contribution in [0, 0.1) is 5.92 Å². The Kier molecular flexibility index (Phi) is 8.46. The van der Waals surface area contributed by atoms with Gasteiger partial charge in [0.2, 0.25) is 15.9 Å². The molecule has 8 nitrogen and oxygen atoms in total. The monoisotopic (exact) mass is 428 g/mol. The highest BCUT2D eigenvalue weighted by Gasteiger charge is 2.31. The van der Waals surface area contributed by atoms with Crippen molar-refractivity contribution >= 4 is 33.3 Å². The molecule has 1 aliphatic rings. The quantitative estimate of drug-likeness (QED) is 0.436. The summed E-state index contributed by atoms with van der Waals surface area (Å²) in [5.41, 5.74) is 6.40. The van der Waals surface area contributed by atoms with Crippen molar-refractivity contribution < 1.29 is 17.9 Å². The summed E-state index contributed by atoms with van der Waals surface area (Å²) < 4.78 is 30.5. The lowest BCUT2D eigenvalue weighted by Crippen LogP contribution is -2.52. The smallest absolute Gasteiger partial charge is 0.242 e. The van der Waals surface area contributed by atoms with Gasteiger partial charge in [0.25, 0.3) is 0 Å². The normalized spacial score (nSPS) is 17.6. The van der Waals surface area contributed by atoms with Crippen LogP contribution in [0.5, 0.6) is 5.75 Å². The molecule has 28 heavy (non-hydrogen) atoms. The maximum Gasteiger partial charge on any atom is 0.242 e. The largest absolute Gasteiger partial charge is 0.497 e. The summed E-state index contributed by atoms with van der Waals surface area (Å²) in [4.78, 5) is 12.3. The van der Waals surface area contributed by atoms with Crippen LogP contribution in [-0.4, -0.2) is 56.2 Å². The molecule has 1 heterocycles. The first-order valence-corrected chi connectivity index (χ1v) is 11.3. The molecule has 0 spiro atoms. The number of ether oxygens (including phenoxy) is 1. The van der Waals surface area contributed by atoms with Crippen LogP contribution in [-0.2, 0) is 21.2 Å². The third kappa shape index (κ3) is 6.61. The molecule has 1 saturated heterocycles. The Hall–Kier alpha value is -1.91. The number of carbonyl (C=O) groups is 1. The molecule has 0 aromatic heterocycles. The number of amides is 1. The fourth-order valence-corrected chi connectivity index (χ4v) is 4.30. The van der Waals surface area contributed by atoms with Crippen molar-refractivity contribution in [3.05, 3.63) is 29.8 Å². The van der Waals surface area contributed by atoms with Gasteiger partial charge in [0.1, 0.15) is 5.75 Å². The van der Waals surface area contributed by atoms with Crippen molar-refractivity contribution in [1.82, 2.24) is 20.5 Å². The van der Waals surface area contributed by atoms with Gasteiger partial charge < -0.3 is 10.1 Å². The second kappa shape index (κ2) is 10.6. The van der Waals surface area contributed by atoms with E-state index in [2.05, 4.69) is 16.2 Å². The van der Waals surface area contributed by atoms with E-state index in [0.29, 0.717) is 31.0 Å². The zero-order valence-corrected chi connectivity index (χ0v) is 17.9. The lowest BCUT2D eigenvalue weighted by molar-refractivity contribution is -0.126. The summed E-state index contributed by atoms with van der Waals surface area (Å²) in [7, 11) is -1.65. The van der Waals surface area contributed by atoms with Crippen LogP contribution in [0.25, 0.3) is 0 Å². The number of rotatable bonds is 7. The van der Waals surface area contributed by atoms with Crippen LogP contribution in [0.3, 0.4) is 0 Å². The van der Waals surface area contributed by atoms with Gasteiger partial charge in [0.05, 0.1) is 18.8 Å². The van der Waals surface area contributed by atoms with Gasteiger partial charge in [-0.15, -0.1) is 0 Å². The van der Waals surface area contributed by atoms with Gasteiger partial charge in [0.15, 0.2) is 5.11 Å². The van der Waals surface area contributed by atoms with Gasteiger partial charge in [-0.1, -0.05) is 12.1 Å². The van der Waals surface area contributed by atoms with Crippen molar-refractivity contribution in [2.45, 2.75) is 26.2 Å². The number of methoxy groups -OCH3 is 1. The van der Waals surface area contributed by atoms with E-state index in [9.17, 15) is 13.2 Å². The number of thiocarbonyl (C=S) groups is 1. The van der Waals surface area contributed by atoms with Gasteiger partial charge in [-0.25, -0.2) is 12.7 Å². The molecule has 0 aliphatic carbocycles. The molecule has 0 unspecified atom stereocenters. The molecule has 0 bridgehead atoms. The second-order valence-corrected chi connectivity index (χ2v) is 9.23. The van der Waals surface area contributed by atoms with E-state index in [1.165, 1.54) is 4.31 Å². The first kappa shape index (κ1) is 22.4. The standard InChI is InChI=1S/C18H28N4O4S2/c1-3-28(24,25)22-12-4-5-15(13-22)17(23)20-21-18(27)19-11-10-14-6-8-16(26-2)9-7-14/h6-9,15H,3-5,10-13H2,1-2H3,(H,20,23)(H2,19,21,27)/t15-/m1/s1. The topological polar surface area (TPSA) is 99.8 Å². The molecule has 1 aliphatic heterocycles. The number of hydrazine groups is 1. The number of hydrogen-bond acceptors (Lipinski definition) is 5. The fourth-order valence-electron chi connectivity index (χ4n) is 2.97. The van der Waals surface area contributed by atoms with Crippen LogP contribution in [0.1, 0.15) is 25.3 Å². The van der Waals surface area contributed by atoms with Crippen molar-refractivity contribution in [2.75, 3.05) is 32.5 Å². The van der Waals surface area contributed by atoms with Crippen LogP contribution in [0.2, 0.25) is 0 Å². The van der Waals surface area contributed by atoms with E-state index in [-0.39, 0.29) is 24.1 Å². The van der Waals surface area contributed by atoms with Gasteiger partial charge in [-0.3, -0.25) is 15.6 Å². The fraction of sp³-hybridized carbons (Fsp3) is 0.556. The number of sulfonamides is 1. The van der Waals surface area contributed by atoms with Crippen LogP contribution >= 0.6 is 12.2 Å². The van der Waals surface area contributed by atoms with E-state index >= 15 is 0 Å². The molecule has 1 atom stereocenters. The third-order valence-electron chi connectivity index (χ3n) is 4.67. The molecule has 10 heteroatoms. The zero-order chi connectivity index (χ0) is 20.6. The Bertz CT molecular complexity index is 768. The van der Waals surface area contributed by atoms with Crippen molar-refractivity contribution in [2.24, 2.45) is 5.92 Å². The van der Waals surface area contributed by atoms with Gasteiger partial charge in [-0.05, 0) is 56.1 Å². The molecule has 1 aromatic carbocycles. The average Bonchev–Trinajstić information content (AvgIpc) is 2.72. The SMILES string of the molecule is CCS(=O)(=O)N1CCC[C@@H](C(=O)NNC(=S)NCCc2ccc(OC)cc2)C1. The summed E-state index contributed by atoms with van der Waals surface area (Å²) in [6.07, 6.45) is 2.09. The van der Waals surface area contributed by atoms with Crippen LogP contribution in [0.15, 0.2) is 24.3 Å². The Morgan fingerprint density at radius 1 is 1.29 bits per heavy atom. The van der Waals surface area contributed by atoms with Crippen molar-refractivity contribution in [3.8, 4) is 5.75 Å². The predicted octanol–water partition coefficient (Wildman–Crippen LogP) is 0.795. The van der Waals surface area contributed by atoms with Crippen molar-refractivity contribution in [1.29, 1.82) is 0 Å². The summed E-state index contributed by atoms with van der Waals surface area (Å²) in [6.45, 7) is 2.90. The molecular weight excluding hydrogens is 400 g/mol. The molecular formula is C18H28N4O4S2. The molecule has 0 radical (unpaired) electrons. The number of piperidine rings is 1. The van der Waals surface area contributed by atoms with Gasteiger partial charge in [0, 0.05) is 19.6 Å². The Labute approximate surface area is 172 Å². The maximum atomic E-state index is 12.3. The Morgan fingerprint density at radius 3 is 2.64 bits per heavy atom. The number of hydrogen-bond donors (Lipinski definition) is 3. The summed E-state index contributed by atoms with van der Waals surface area (Å²) >= 11 is 5.17. The molecule has 156 valence electrons. The van der Waals surface area contributed by atoms with E-state index < -0.39 is 10.0 Å². The maximum absolute atomic E-state index is 12.3. The lowest BCUT2D eigenvalue weighted by Gasteiger charge is -2.30. The molecule has 1 fully saturated rings. The second-order valence-electron chi connectivity index (χ2n) is 6.57. The molecule has 1 amide bonds. The molecule has 0 saturated carbocycles. The minimum Gasteiger partial charge on any atom is -0.497 e. The molecule has 3 N–H and O–H groups in total. The van der Waals surface area contributed by atoms with E-state index in [1.807, 2.05) is 24.3 Å². The van der Waals surface area contributed by atoms with Gasteiger partial charge >= 0.3 is 0 Å². The van der Waals surface area contributed by atoms with Gasteiger partial charge in [-0.2, -0.15) is 0 Å². The molecule has 2 rings (SSSR count). The first-order valence-electron chi connectivity index (χ1n) is 9.30. The summed E-state index contributed by atoms with van der Waals surface area (Å²) in [6, 6.07) is 7.77. The third-order valence-corrected chi connectivity index (χ3v) is 6.77. The minimum absolute atomic E-state index is 0.0434. The average molecular weight is 429 g/mol. The zero-order valence-electron chi connectivity index (χ0n) is 16.2.